The van der Waals surface area contributed by atoms with Crippen LogP contribution in [0.15, 0.2) is 52.9 Å². The van der Waals surface area contributed by atoms with E-state index >= 15 is 0 Å². The third kappa shape index (κ3) is 4.95. The van der Waals surface area contributed by atoms with Crippen molar-refractivity contribution in [1.82, 2.24) is 10.3 Å². The van der Waals surface area contributed by atoms with Gasteiger partial charge in [0.1, 0.15) is 11.3 Å². The molecule has 5 nitrogen and oxygen atoms in total. The maximum Gasteiger partial charge on any atom is 0.327 e. The van der Waals surface area contributed by atoms with Crippen LogP contribution in [0.4, 0.5) is 0 Å². The fourth-order valence-electron chi connectivity index (χ4n) is 2.36. The highest BCUT2D eigenvalue weighted by atomic mass is 35.5. The zero-order valence-corrected chi connectivity index (χ0v) is 17.1. The Kier molecular flexibility index (Phi) is 6.64. The van der Waals surface area contributed by atoms with Crippen LogP contribution in [-0.2, 0) is 9.59 Å². The van der Waals surface area contributed by atoms with Crippen LogP contribution in [0, 0.1) is 0 Å². The van der Waals surface area contributed by atoms with Gasteiger partial charge in [-0.2, -0.15) is 12.6 Å². The number of carbonyl (C=O) groups is 2. The summed E-state index contributed by atoms with van der Waals surface area (Å²) in [6, 6.07) is 13.6. The molecular weight excluding hydrogens is 424 g/mol. The van der Waals surface area contributed by atoms with Crippen LogP contribution >= 0.6 is 47.3 Å². The van der Waals surface area contributed by atoms with Gasteiger partial charge in [0.25, 0.3) is 0 Å². The molecule has 0 radical (unpaired) electrons. The van der Waals surface area contributed by atoms with Crippen molar-refractivity contribution in [3.63, 3.8) is 0 Å². The quantitative estimate of drug-likeness (QED) is 0.379. The van der Waals surface area contributed by atoms with Crippen LogP contribution in [-0.4, -0.2) is 33.8 Å². The topological polar surface area (TPSA) is 79.3 Å². The molecule has 140 valence electrons. The van der Waals surface area contributed by atoms with Gasteiger partial charge >= 0.3 is 5.97 Å². The zero-order chi connectivity index (χ0) is 19.4. The SMILES string of the molecule is O=C(N[C@@H](CS)C(=O)O)C(Sc1nc2cc(Cl)ccc2s1)c1ccccc1. The fraction of sp³-hybridized carbons (Fsp3) is 0.167. The van der Waals surface area contributed by atoms with E-state index in [2.05, 4.69) is 22.9 Å². The number of rotatable bonds is 7. The second-order valence-electron chi connectivity index (χ2n) is 5.58. The molecule has 0 spiro atoms. The number of carbonyl (C=O) groups excluding carboxylic acids is 1. The fourth-order valence-corrected chi connectivity index (χ4v) is 5.03. The van der Waals surface area contributed by atoms with Crippen LogP contribution in [0.5, 0.6) is 0 Å². The Bertz CT molecular complexity index is 965. The van der Waals surface area contributed by atoms with Gasteiger partial charge in [0, 0.05) is 10.8 Å². The van der Waals surface area contributed by atoms with Gasteiger partial charge in [-0.15, -0.1) is 11.3 Å². The van der Waals surface area contributed by atoms with E-state index < -0.39 is 23.2 Å². The molecule has 2 N–H and O–H groups in total. The van der Waals surface area contributed by atoms with Crippen molar-refractivity contribution < 1.29 is 14.7 Å². The molecule has 0 aliphatic carbocycles. The minimum absolute atomic E-state index is 0.00683. The maximum atomic E-state index is 12.8. The van der Waals surface area contributed by atoms with Crippen molar-refractivity contribution >= 4 is 69.4 Å². The number of hydrogen-bond acceptors (Lipinski definition) is 6. The molecule has 1 aromatic heterocycles. The molecule has 1 amide bonds. The molecule has 9 heteroatoms. The number of carboxylic acids is 1. The molecule has 2 atom stereocenters. The minimum atomic E-state index is -1.12. The Balaban J connectivity index is 1.89. The van der Waals surface area contributed by atoms with Gasteiger partial charge in [-0.1, -0.05) is 53.7 Å². The van der Waals surface area contributed by atoms with Crippen LogP contribution in [0.25, 0.3) is 10.2 Å². The van der Waals surface area contributed by atoms with Crippen molar-refractivity contribution in [2.24, 2.45) is 0 Å². The Morgan fingerprint density at radius 3 is 2.67 bits per heavy atom. The van der Waals surface area contributed by atoms with E-state index in [-0.39, 0.29) is 5.75 Å². The number of thioether (sulfide) groups is 1. The molecule has 0 fully saturated rings. The van der Waals surface area contributed by atoms with E-state index in [1.807, 2.05) is 36.4 Å². The van der Waals surface area contributed by atoms with Gasteiger partial charge in [-0.25, -0.2) is 9.78 Å². The molecule has 1 heterocycles. The number of amides is 1. The summed E-state index contributed by atoms with van der Waals surface area (Å²) in [5, 5.41) is 11.7. The minimum Gasteiger partial charge on any atom is -0.480 e. The van der Waals surface area contributed by atoms with Crippen LogP contribution in [0.3, 0.4) is 0 Å². The van der Waals surface area contributed by atoms with Gasteiger partial charge < -0.3 is 10.4 Å². The van der Waals surface area contributed by atoms with E-state index in [0.717, 1.165) is 15.8 Å². The molecule has 0 aliphatic heterocycles. The largest absolute Gasteiger partial charge is 0.480 e. The highest BCUT2D eigenvalue weighted by molar-refractivity contribution is 8.02. The predicted octanol–water partition coefficient (Wildman–Crippen LogP) is 4.28. The summed E-state index contributed by atoms with van der Waals surface area (Å²) < 4.78 is 1.67. The number of thiol groups is 1. The number of halogens is 1. The van der Waals surface area contributed by atoms with Crippen molar-refractivity contribution in [1.29, 1.82) is 0 Å². The Hall–Kier alpha value is -1.74. The number of thiazole rings is 1. The number of aromatic nitrogens is 1. The van der Waals surface area contributed by atoms with Crippen molar-refractivity contribution in [2.45, 2.75) is 15.6 Å². The van der Waals surface area contributed by atoms with E-state index in [1.54, 1.807) is 12.1 Å². The number of hydrogen-bond donors (Lipinski definition) is 3. The van der Waals surface area contributed by atoms with Crippen LogP contribution < -0.4 is 5.32 Å². The molecule has 3 aromatic rings. The number of nitrogens with zero attached hydrogens (tertiary/aromatic N) is 1. The van der Waals surface area contributed by atoms with E-state index in [0.29, 0.717) is 9.36 Å². The summed E-state index contributed by atoms with van der Waals surface area (Å²) in [5.74, 6) is -1.51. The van der Waals surface area contributed by atoms with Gasteiger partial charge in [-0.3, -0.25) is 4.79 Å². The molecule has 0 saturated heterocycles. The van der Waals surface area contributed by atoms with E-state index in [1.165, 1.54) is 23.1 Å². The first-order chi connectivity index (χ1) is 13.0. The predicted molar refractivity (Wildman–Crippen MR) is 113 cm³/mol. The molecule has 27 heavy (non-hydrogen) atoms. The smallest absolute Gasteiger partial charge is 0.327 e. The van der Waals surface area contributed by atoms with Gasteiger partial charge in [-0.05, 0) is 23.8 Å². The van der Waals surface area contributed by atoms with Crippen molar-refractivity contribution in [3.8, 4) is 0 Å². The molecule has 2 aromatic carbocycles. The van der Waals surface area contributed by atoms with E-state index in [4.69, 9.17) is 11.6 Å². The van der Waals surface area contributed by atoms with Gasteiger partial charge in [0.2, 0.25) is 5.91 Å². The monoisotopic (exact) mass is 438 g/mol. The summed E-state index contributed by atoms with van der Waals surface area (Å²) in [6.45, 7) is 0. The average Bonchev–Trinajstić information content (AvgIpc) is 3.06. The molecule has 3 rings (SSSR count). The summed E-state index contributed by atoms with van der Waals surface area (Å²) in [4.78, 5) is 28.6. The number of nitrogens with one attached hydrogen (secondary N) is 1. The standard InChI is InChI=1S/C18H15ClN2O3S3/c19-11-6-7-14-12(8-11)21-18(26-14)27-15(10-4-2-1-3-5-10)16(22)20-13(9-25)17(23)24/h1-8,13,15,25H,9H2,(H,20,22)(H,23,24)/t13-,15?/m0/s1. The third-order valence-corrected chi connectivity index (χ3v) is 6.67. The molecule has 0 saturated carbocycles. The normalized spacial score (nSPS) is 13.3. The summed E-state index contributed by atoms with van der Waals surface area (Å²) in [5.41, 5.74) is 1.53. The maximum absolute atomic E-state index is 12.8. The van der Waals surface area contributed by atoms with Gasteiger partial charge in [0.15, 0.2) is 4.34 Å². The van der Waals surface area contributed by atoms with Crippen LogP contribution in [0.2, 0.25) is 5.02 Å². The third-order valence-electron chi connectivity index (χ3n) is 3.69. The lowest BCUT2D eigenvalue weighted by Gasteiger charge is -2.18. The second kappa shape index (κ2) is 8.97. The first-order valence-corrected chi connectivity index (χ1v) is 10.6. The van der Waals surface area contributed by atoms with Gasteiger partial charge in [0.05, 0.1) is 10.2 Å². The number of aliphatic carboxylic acids is 1. The summed E-state index contributed by atoms with van der Waals surface area (Å²) >= 11 is 12.8. The first-order valence-electron chi connectivity index (χ1n) is 7.89. The summed E-state index contributed by atoms with van der Waals surface area (Å²) in [7, 11) is 0. The number of fused-ring (bicyclic) bond motifs is 1. The zero-order valence-electron chi connectivity index (χ0n) is 13.8. The Morgan fingerprint density at radius 2 is 2.00 bits per heavy atom. The molecule has 0 aliphatic rings. The van der Waals surface area contributed by atoms with Crippen molar-refractivity contribution in [2.75, 3.05) is 5.75 Å². The first kappa shape index (κ1) is 20.0. The number of carboxylic acid groups (broad SMARTS) is 1. The number of benzene rings is 2. The highest BCUT2D eigenvalue weighted by Crippen LogP contribution is 2.39. The Labute approximate surface area is 174 Å². The lowest BCUT2D eigenvalue weighted by molar-refractivity contribution is -0.141. The molecular formula is C18H15ClN2O3S3. The average molecular weight is 439 g/mol. The Morgan fingerprint density at radius 1 is 1.26 bits per heavy atom. The lowest BCUT2D eigenvalue weighted by atomic mass is 10.1. The van der Waals surface area contributed by atoms with E-state index in [9.17, 15) is 14.7 Å². The van der Waals surface area contributed by atoms with Crippen LogP contribution in [0.1, 0.15) is 10.8 Å². The van der Waals surface area contributed by atoms with Crippen molar-refractivity contribution in [3.05, 3.63) is 59.1 Å². The molecule has 0 bridgehead atoms. The summed E-state index contributed by atoms with van der Waals surface area (Å²) in [6.07, 6.45) is 0. The second-order valence-corrected chi connectivity index (χ2v) is 8.77. The molecule has 1 unspecified atom stereocenters. The lowest BCUT2D eigenvalue weighted by Crippen LogP contribution is -2.43. The highest BCUT2D eigenvalue weighted by Gasteiger charge is 2.27.